The van der Waals surface area contributed by atoms with Crippen molar-refractivity contribution in [2.75, 3.05) is 0 Å². The van der Waals surface area contributed by atoms with Crippen molar-refractivity contribution in [3.05, 3.63) is 0 Å². The average Bonchev–Trinajstić information content (AvgIpc) is 2.35. The van der Waals surface area contributed by atoms with Crippen LogP contribution in [0.5, 0.6) is 0 Å². The number of rotatable bonds is 12. The predicted molar refractivity (Wildman–Crippen MR) is 77.9 cm³/mol. The van der Waals surface area contributed by atoms with Crippen LogP contribution in [0.2, 0.25) is 0 Å². The molecule has 0 aromatic rings. The Morgan fingerprint density at radius 1 is 0.737 bits per heavy atom. The fraction of sp³-hybridized carbons (Fsp3) is 0.875. The highest BCUT2D eigenvalue weighted by Gasteiger charge is 2.04. The lowest BCUT2D eigenvalue weighted by molar-refractivity contribution is -0.158. The molecule has 0 saturated carbocycles. The average molecular weight is 270 g/mol. The van der Waals surface area contributed by atoms with Gasteiger partial charge in [0.05, 0.1) is 0 Å². The maximum absolute atomic E-state index is 11.1. The van der Waals surface area contributed by atoms with Crippen LogP contribution in [0.15, 0.2) is 0 Å². The van der Waals surface area contributed by atoms with Gasteiger partial charge in [-0.05, 0) is 6.42 Å². The number of carbonyl (C=O) groups is 2. The van der Waals surface area contributed by atoms with Gasteiger partial charge in [0.1, 0.15) is 0 Å². The molecule has 19 heavy (non-hydrogen) atoms. The summed E-state index contributed by atoms with van der Waals surface area (Å²) < 4.78 is 4.46. The molecule has 3 nitrogen and oxygen atoms in total. The fourth-order valence-corrected chi connectivity index (χ4v) is 2.14. The third kappa shape index (κ3) is 15.1. The third-order valence-electron chi connectivity index (χ3n) is 3.24. The maximum Gasteiger partial charge on any atom is 0.313 e. The van der Waals surface area contributed by atoms with Crippen LogP contribution >= 0.6 is 0 Å². The van der Waals surface area contributed by atoms with Gasteiger partial charge in [0, 0.05) is 13.3 Å². The number of hydrogen-bond acceptors (Lipinski definition) is 3. The molecule has 0 aliphatic carbocycles. The fourth-order valence-electron chi connectivity index (χ4n) is 2.14. The third-order valence-corrected chi connectivity index (χ3v) is 3.24. The zero-order valence-corrected chi connectivity index (χ0v) is 12.7. The maximum atomic E-state index is 11.1. The Bertz CT molecular complexity index is 236. The molecule has 0 rings (SSSR count). The molecular formula is C16H30O3. The second kappa shape index (κ2) is 13.6. The predicted octanol–water partition coefficient (Wildman–Crippen LogP) is 4.78. The Morgan fingerprint density at radius 3 is 1.58 bits per heavy atom. The van der Waals surface area contributed by atoms with Gasteiger partial charge in [0.2, 0.25) is 0 Å². The van der Waals surface area contributed by atoms with E-state index < -0.39 is 5.97 Å². The zero-order chi connectivity index (χ0) is 14.3. The first-order chi connectivity index (χ1) is 9.16. The number of unbranched alkanes of at least 4 members (excludes halogenated alkanes) is 10. The molecule has 3 heteroatoms. The smallest absolute Gasteiger partial charge is 0.313 e. The van der Waals surface area contributed by atoms with Crippen molar-refractivity contribution in [3.63, 3.8) is 0 Å². The van der Waals surface area contributed by atoms with Crippen molar-refractivity contribution in [1.29, 1.82) is 0 Å². The van der Waals surface area contributed by atoms with Gasteiger partial charge >= 0.3 is 11.9 Å². The van der Waals surface area contributed by atoms with Gasteiger partial charge in [-0.25, -0.2) is 0 Å². The standard InChI is InChI=1S/C16H30O3/c1-3-4-5-6-7-8-9-10-11-12-13-14-16(18)19-15(2)17/h3-14H2,1-2H3. The van der Waals surface area contributed by atoms with Gasteiger partial charge in [-0.3, -0.25) is 9.59 Å². The monoisotopic (exact) mass is 270 g/mol. The van der Waals surface area contributed by atoms with Crippen LogP contribution < -0.4 is 0 Å². The molecule has 0 amide bonds. The van der Waals surface area contributed by atoms with Gasteiger partial charge in [0.25, 0.3) is 0 Å². The highest BCUT2D eigenvalue weighted by Crippen LogP contribution is 2.12. The van der Waals surface area contributed by atoms with Crippen LogP contribution in [-0.2, 0) is 14.3 Å². The van der Waals surface area contributed by atoms with E-state index in [9.17, 15) is 9.59 Å². The molecule has 0 radical (unpaired) electrons. The van der Waals surface area contributed by atoms with Crippen molar-refractivity contribution in [2.24, 2.45) is 0 Å². The lowest BCUT2D eigenvalue weighted by Crippen LogP contribution is -2.08. The molecule has 0 aromatic heterocycles. The van der Waals surface area contributed by atoms with Crippen molar-refractivity contribution in [1.82, 2.24) is 0 Å². The summed E-state index contributed by atoms with van der Waals surface area (Å²) in [6.07, 6.45) is 14.2. The summed E-state index contributed by atoms with van der Waals surface area (Å²) in [4.78, 5) is 21.6. The first-order valence-electron chi connectivity index (χ1n) is 7.88. The molecule has 0 bridgehead atoms. The van der Waals surface area contributed by atoms with Gasteiger partial charge in [0.15, 0.2) is 0 Å². The van der Waals surface area contributed by atoms with Crippen molar-refractivity contribution < 1.29 is 14.3 Å². The van der Waals surface area contributed by atoms with Crippen LogP contribution in [0, 0.1) is 0 Å². The van der Waals surface area contributed by atoms with Crippen molar-refractivity contribution >= 4 is 11.9 Å². The molecule has 0 atom stereocenters. The van der Waals surface area contributed by atoms with E-state index in [2.05, 4.69) is 11.7 Å². The topological polar surface area (TPSA) is 43.4 Å². The minimum Gasteiger partial charge on any atom is -0.393 e. The van der Waals surface area contributed by atoms with Gasteiger partial charge in [-0.15, -0.1) is 0 Å². The molecule has 0 N–H and O–H groups in total. The number of esters is 2. The highest BCUT2D eigenvalue weighted by molar-refractivity contribution is 5.83. The van der Waals surface area contributed by atoms with E-state index in [1.807, 2.05) is 0 Å². The summed E-state index contributed by atoms with van der Waals surface area (Å²) in [6.45, 7) is 3.50. The summed E-state index contributed by atoms with van der Waals surface area (Å²) >= 11 is 0. The number of carbonyl (C=O) groups excluding carboxylic acids is 2. The van der Waals surface area contributed by atoms with E-state index in [-0.39, 0.29) is 5.97 Å². The second-order valence-electron chi connectivity index (χ2n) is 5.25. The van der Waals surface area contributed by atoms with E-state index >= 15 is 0 Å². The Balaban J connectivity index is 3.10. The van der Waals surface area contributed by atoms with E-state index in [1.165, 1.54) is 64.7 Å². The summed E-state index contributed by atoms with van der Waals surface area (Å²) in [5.74, 6) is -0.892. The highest BCUT2D eigenvalue weighted by atomic mass is 16.6. The summed E-state index contributed by atoms with van der Waals surface area (Å²) in [5, 5.41) is 0. The molecular weight excluding hydrogens is 240 g/mol. The quantitative estimate of drug-likeness (QED) is 0.291. The molecule has 0 aliphatic heterocycles. The Morgan fingerprint density at radius 2 is 1.16 bits per heavy atom. The van der Waals surface area contributed by atoms with E-state index in [4.69, 9.17) is 0 Å². The Labute approximate surface area is 118 Å². The first-order valence-corrected chi connectivity index (χ1v) is 7.88. The van der Waals surface area contributed by atoms with Gasteiger partial charge in [-0.1, -0.05) is 71.1 Å². The van der Waals surface area contributed by atoms with Crippen molar-refractivity contribution in [2.45, 2.75) is 90.9 Å². The van der Waals surface area contributed by atoms with Gasteiger partial charge in [-0.2, -0.15) is 0 Å². The van der Waals surface area contributed by atoms with E-state index in [0.29, 0.717) is 6.42 Å². The number of hydrogen-bond donors (Lipinski definition) is 0. The molecule has 0 heterocycles. The van der Waals surface area contributed by atoms with Gasteiger partial charge < -0.3 is 4.74 Å². The minimum absolute atomic E-state index is 0.372. The Hall–Kier alpha value is -0.860. The zero-order valence-electron chi connectivity index (χ0n) is 12.7. The molecule has 0 saturated heterocycles. The van der Waals surface area contributed by atoms with E-state index in [0.717, 1.165) is 12.8 Å². The van der Waals surface area contributed by atoms with Crippen LogP contribution in [0.3, 0.4) is 0 Å². The largest absolute Gasteiger partial charge is 0.393 e. The van der Waals surface area contributed by atoms with E-state index in [1.54, 1.807) is 0 Å². The second-order valence-corrected chi connectivity index (χ2v) is 5.25. The Kier molecular flexibility index (Phi) is 13.0. The lowest BCUT2D eigenvalue weighted by Gasteiger charge is -2.02. The van der Waals surface area contributed by atoms with Crippen LogP contribution in [-0.4, -0.2) is 11.9 Å². The molecule has 0 unspecified atom stereocenters. The van der Waals surface area contributed by atoms with Crippen LogP contribution in [0.4, 0.5) is 0 Å². The number of ether oxygens (including phenoxy) is 1. The van der Waals surface area contributed by atoms with Crippen LogP contribution in [0.25, 0.3) is 0 Å². The van der Waals surface area contributed by atoms with Crippen molar-refractivity contribution in [3.8, 4) is 0 Å². The summed E-state index contributed by atoms with van der Waals surface area (Å²) in [7, 11) is 0. The normalized spacial score (nSPS) is 10.4. The van der Waals surface area contributed by atoms with Crippen LogP contribution in [0.1, 0.15) is 90.9 Å². The molecule has 0 spiro atoms. The molecule has 0 aromatic carbocycles. The lowest BCUT2D eigenvalue weighted by atomic mass is 10.1. The summed E-state index contributed by atoms with van der Waals surface area (Å²) in [6, 6.07) is 0. The first kappa shape index (κ1) is 18.1. The summed E-state index contributed by atoms with van der Waals surface area (Å²) in [5.41, 5.74) is 0. The SMILES string of the molecule is CCCCCCCCCCCCCC(=O)OC(C)=O. The molecule has 0 aliphatic rings. The minimum atomic E-state index is -0.506. The molecule has 0 fully saturated rings. The molecule has 112 valence electrons.